The van der Waals surface area contributed by atoms with E-state index in [0.717, 1.165) is 5.56 Å². The lowest BCUT2D eigenvalue weighted by molar-refractivity contribution is -0.129. The molecule has 1 aliphatic rings. The van der Waals surface area contributed by atoms with Crippen molar-refractivity contribution >= 4 is 17.2 Å². The average Bonchev–Trinajstić information content (AvgIpc) is 3.48. The number of carbonyl (C=O) groups excluding carboxylic acids is 1. The molecule has 152 valence electrons. The Balaban J connectivity index is 1.47. The summed E-state index contributed by atoms with van der Waals surface area (Å²) < 4.78 is 16.1. The van der Waals surface area contributed by atoms with Crippen molar-refractivity contribution in [2.75, 3.05) is 20.8 Å². The molecule has 1 fully saturated rings. The second-order valence-electron chi connectivity index (χ2n) is 7.04. The van der Waals surface area contributed by atoms with Crippen LogP contribution in [0.3, 0.4) is 0 Å². The molecule has 1 aromatic carbocycles. The van der Waals surface area contributed by atoms with E-state index in [0.29, 0.717) is 42.6 Å². The van der Waals surface area contributed by atoms with Crippen molar-refractivity contribution in [2.24, 2.45) is 0 Å². The number of hydrogen-bond acceptors (Lipinski definition) is 7. The minimum atomic E-state index is -0.0928. The van der Waals surface area contributed by atoms with Gasteiger partial charge in [0.15, 0.2) is 17.3 Å². The van der Waals surface area contributed by atoms with Gasteiger partial charge in [0.1, 0.15) is 0 Å². The van der Waals surface area contributed by atoms with Crippen LogP contribution in [0.25, 0.3) is 0 Å². The fourth-order valence-electron chi connectivity index (χ4n) is 3.64. The third-order valence-electron chi connectivity index (χ3n) is 5.27. The monoisotopic (exact) mass is 413 g/mol. The van der Waals surface area contributed by atoms with E-state index in [-0.39, 0.29) is 17.9 Å². The third-order valence-corrected chi connectivity index (χ3v) is 6.15. The van der Waals surface area contributed by atoms with E-state index >= 15 is 0 Å². The molecule has 4 rings (SSSR count). The summed E-state index contributed by atoms with van der Waals surface area (Å²) in [6.07, 6.45) is 1.01. The first-order chi connectivity index (χ1) is 14.1. The molecule has 2 aromatic heterocycles. The molecule has 29 heavy (non-hydrogen) atoms. The van der Waals surface area contributed by atoms with Gasteiger partial charge in [-0.3, -0.25) is 4.79 Å². The summed E-state index contributed by atoms with van der Waals surface area (Å²) in [4.78, 5) is 20.3. The van der Waals surface area contributed by atoms with Crippen molar-refractivity contribution < 1.29 is 18.8 Å². The van der Waals surface area contributed by atoms with Crippen molar-refractivity contribution in [3.05, 3.63) is 57.9 Å². The maximum absolute atomic E-state index is 12.7. The first kappa shape index (κ1) is 19.4. The Kier molecular flexibility index (Phi) is 5.53. The van der Waals surface area contributed by atoms with E-state index < -0.39 is 0 Å². The molecule has 3 heterocycles. The second-order valence-corrected chi connectivity index (χ2v) is 8.07. The van der Waals surface area contributed by atoms with Crippen molar-refractivity contribution in [1.82, 2.24) is 15.0 Å². The Morgan fingerprint density at radius 1 is 1.28 bits per heavy atom. The van der Waals surface area contributed by atoms with Crippen LogP contribution >= 0.6 is 11.3 Å². The zero-order valence-corrected chi connectivity index (χ0v) is 17.4. The number of methoxy groups -OCH3 is 2. The molecular weight excluding hydrogens is 390 g/mol. The number of benzene rings is 1. The van der Waals surface area contributed by atoms with Gasteiger partial charge in [-0.15, -0.1) is 11.3 Å². The summed E-state index contributed by atoms with van der Waals surface area (Å²) in [5.41, 5.74) is 0.989. The van der Waals surface area contributed by atoms with Crippen LogP contribution in [0.5, 0.6) is 11.5 Å². The van der Waals surface area contributed by atoms with Crippen molar-refractivity contribution in [3.8, 4) is 11.5 Å². The Labute approximate surface area is 173 Å². The Morgan fingerprint density at radius 3 is 2.83 bits per heavy atom. The van der Waals surface area contributed by atoms with Crippen LogP contribution in [0, 0.1) is 0 Å². The fourth-order valence-corrected chi connectivity index (χ4v) is 4.34. The number of amides is 1. The summed E-state index contributed by atoms with van der Waals surface area (Å²) >= 11 is 1.66. The van der Waals surface area contributed by atoms with Gasteiger partial charge in [-0.05, 0) is 36.1 Å². The Hall–Kier alpha value is -2.87. The number of hydrogen-bond donors (Lipinski definition) is 0. The maximum atomic E-state index is 12.7. The number of thiophene rings is 1. The molecule has 1 saturated heterocycles. The molecule has 0 radical (unpaired) electrons. The van der Waals surface area contributed by atoms with Gasteiger partial charge in [0.2, 0.25) is 11.8 Å². The van der Waals surface area contributed by atoms with Gasteiger partial charge in [-0.2, -0.15) is 4.98 Å². The zero-order valence-electron chi connectivity index (χ0n) is 16.6. The Morgan fingerprint density at radius 2 is 2.10 bits per heavy atom. The molecule has 1 amide bonds. The van der Waals surface area contributed by atoms with Crippen molar-refractivity contribution in [3.63, 3.8) is 0 Å². The minimum absolute atomic E-state index is 0.0640. The van der Waals surface area contributed by atoms with Gasteiger partial charge in [0.05, 0.1) is 26.7 Å². The van der Waals surface area contributed by atoms with Crippen LogP contribution < -0.4 is 9.47 Å². The normalized spacial score (nSPS) is 17.6. The molecular formula is C21H23N3O4S. The highest BCUT2D eigenvalue weighted by atomic mass is 32.1. The fraction of sp³-hybridized carbons (Fsp3) is 0.381. The molecule has 0 spiro atoms. The number of aromatic nitrogens is 2. The maximum Gasteiger partial charge on any atom is 0.231 e. The molecule has 1 aliphatic heterocycles. The number of carbonyl (C=O) groups is 1. The third kappa shape index (κ3) is 3.98. The molecule has 2 atom stereocenters. The summed E-state index contributed by atoms with van der Waals surface area (Å²) in [5.74, 6) is 2.52. The van der Waals surface area contributed by atoms with E-state index in [2.05, 4.69) is 10.1 Å². The molecule has 0 N–H and O–H groups in total. The van der Waals surface area contributed by atoms with E-state index in [1.807, 2.05) is 47.5 Å². The van der Waals surface area contributed by atoms with Gasteiger partial charge < -0.3 is 18.9 Å². The lowest BCUT2D eigenvalue weighted by atomic mass is 10.1. The zero-order chi connectivity index (χ0) is 20.4. The summed E-state index contributed by atoms with van der Waals surface area (Å²) in [7, 11) is 3.21. The molecule has 0 saturated carbocycles. The van der Waals surface area contributed by atoms with Gasteiger partial charge in [-0.1, -0.05) is 17.3 Å². The number of ether oxygens (including phenoxy) is 2. The topological polar surface area (TPSA) is 77.7 Å². The van der Waals surface area contributed by atoms with E-state index in [1.165, 1.54) is 4.88 Å². The van der Waals surface area contributed by atoms with Crippen LogP contribution in [-0.4, -0.2) is 41.7 Å². The molecule has 0 bridgehead atoms. The molecule has 0 aliphatic carbocycles. The average molecular weight is 413 g/mol. The Bertz CT molecular complexity index is 986. The summed E-state index contributed by atoms with van der Waals surface area (Å²) in [6.45, 7) is 2.58. The molecule has 2 unspecified atom stereocenters. The van der Waals surface area contributed by atoms with Crippen LogP contribution in [0.2, 0.25) is 0 Å². The predicted octanol–water partition coefficient (Wildman–Crippen LogP) is 3.82. The second kappa shape index (κ2) is 8.24. The van der Waals surface area contributed by atoms with Crippen LogP contribution in [0.15, 0.2) is 40.2 Å². The van der Waals surface area contributed by atoms with Crippen LogP contribution in [0.4, 0.5) is 0 Å². The highest BCUT2D eigenvalue weighted by Crippen LogP contribution is 2.36. The smallest absolute Gasteiger partial charge is 0.231 e. The van der Waals surface area contributed by atoms with E-state index in [9.17, 15) is 4.79 Å². The summed E-state index contributed by atoms with van der Waals surface area (Å²) in [6, 6.07) is 9.68. The highest BCUT2D eigenvalue weighted by molar-refractivity contribution is 7.09. The molecule has 7 nitrogen and oxygen atoms in total. The van der Waals surface area contributed by atoms with Gasteiger partial charge in [0.25, 0.3) is 0 Å². The van der Waals surface area contributed by atoms with Crippen LogP contribution in [-0.2, 0) is 11.2 Å². The quantitative estimate of drug-likeness (QED) is 0.586. The van der Waals surface area contributed by atoms with Crippen LogP contribution in [0.1, 0.15) is 47.5 Å². The number of rotatable bonds is 7. The largest absolute Gasteiger partial charge is 0.493 e. The molecule has 3 aromatic rings. The summed E-state index contributed by atoms with van der Waals surface area (Å²) in [5, 5.41) is 6.16. The van der Waals surface area contributed by atoms with Gasteiger partial charge in [-0.25, -0.2) is 0 Å². The molecule has 8 heteroatoms. The minimum Gasteiger partial charge on any atom is -0.493 e. The van der Waals surface area contributed by atoms with E-state index in [4.69, 9.17) is 14.0 Å². The van der Waals surface area contributed by atoms with E-state index in [1.54, 1.807) is 25.6 Å². The number of likely N-dealkylation sites (tertiary alicyclic amines) is 1. The van der Waals surface area contributed by atoms with Gasteiger partial charge >= 0.3 is 0 Å². The highest BCUT2D eigenvalue weighted by Gasteiger charge is 2.36. The number of nitrogens with zero attached hydrogens (tertiary/aromatic N) is 3. The van der Waals surface area contributed by atoms with Gasteiger partial charge in [0, 0.05) is 23.8 Å². The van der Waals surface area contributed by atoms with Crippen molar-refractivity contribution in [2.45, 2.75) is 31.7 Å². The first-order valence-corrected chi connectivity index (χ1v) is 10.3. The first-order valence-electron chi connectivity index (χ1n) is 9.45. The SMILES string of the molecule is COc1ccc(C(C)N2CC(c3noc(Cc4cccs4)n3)CC2=O)cc1OC. The predicted molar refractivity (Wildman–Crippen MR) is 108 cm³/mol. The lowest BCUT2D eigenvalue weighted by Crippen LogP contribution is -2.28. The standard InChI is InChI=1S/C21H23N3O4S/c1-13(14-6-7-17(26-2)18(9-14)27-3)24-12-15(10-20(24)25)21-22-19(28-23-21)11-16-5-4-8-29-16/h4-9,13,15H,10-12H2,1-3H3. The van der Waals surface area contributed by atoms with Crippen molar-refractivity contribution in [1.29, 1.82) is 0 Å². The lowest BCUT2D eigenvalue weighted by Gasteiger charge is -2.25.